The second kappa shape index (κ2) is 9.82. The summed E-state index contributed by atoms with van der Waals surface area (Å²) < 4.78 is 52.4. The van der Waals surface area contributed by atoms with Crippen molar-refractivity contribution in [3.05, 3.63) is 70.4 Å². The number of aromatic nitrogens is 2. The number of ether oxygens (including phenoxy) is 1. The van der Waals surface area contributed by atoms with E-state index in [4.69, 9.17) is 20.1 Å². The van der Waals surface area contributed by atoms with Crippen LogP contribution in [0.1, 0.15) is 29.5 Å². The minimum absolute atomic E-state index is 0.00375. The molecule has 8 nitrogen and oxygen atoms in total. The van der Waals surface area contributed by atoms with Crippen LogP contribution in [0.2, 0.25) is 0 Å². The molecule has 2 N–H and O–H groups in total. The predicted molar refractivity (Wildman–Crippen MR) is 105 cm³/mol. The first kappa shape index (κ1) is 22.6. The molecule has 0 radical (unpaired) electrons. The number of hydrogen-bond acceptors (Lipinski definition) is 7. The zero-order chi connectivity index (χ0) is 23.3. The van der Waals surface area contributed by atoms with Crippen LogP contribution >= 0.6 is 0 Å². The van der Waals surface area contributed by atoms with Gasteiger partial charge in [-0.15, -0.1) is 5.10 Å². The van der Waals surface area contributed by atoms with Crippen LogP contribution in [0.5, 0.6) is 5.75 Å². The Labute approximate surface area is 181 Å². The van der Waals surface area contributed by atoms with E-state index >= 15 is 0 Å². The van der Waals surface area contributed by atoms with E-state index in [1.54, 1.807) is 6.92 Å². The Balaban J connectivity index is 1.81. The molecule has 1 amide bonds. The van der Waals surface area contributed by atoms with Crippen molar-refractivity contribution in [1.29, 1.82) is 5.26 Å². The maximum Gasteiger partial charge on any atom is 0.312 e. The summed E-state index contributed by atoms with van der Waals surface area (Å²) in [6, 6.07) is 7.15. The van der Waals surface area contributed by atoms with Crippen LogP contribution in [-0.2, 0) is 24.3 Å². The van der Waals surface area contributed by atoms with Crippen molar-refractivity contribution in [3.8, 4) is 11.8 Å². The Bertz CT molecular complexity index is 1180. The van der Waals surface area contributed by atoms with Crippen molar-refractivity contribution < 1.29 is 27.1 Å². The van der Waals surface area contributed by atoms with Crippen molar-refractivity contribution in [1.82, 2.24) is 15.1 Å². The summed E-state index contributed by atoms with van der Waals surface area (Å²) in [5.41, 5.74) is 5.77. The van der Waals surface area contributed by atoms with Crippen LogP contribution < -0.4 is 10.5 Å². The average molecular weight is 445 g/mol. The molecule has 1 aromatic heterocycles. The smallest absolute Gasteiger partial charge is 0.312 e. The number of nitrogens with two attached hydrogens (primary N) is 1. The average Bonchev–Trinajstić information content (AvgIpc) is 3.17. The first-order valence-electron chi connectivity index (χ1n) is 9.45. The maximum absolute atomic E-state index is 14.4. The number of rotatable bonds is 8. The molecule has 0 atom stereocenters. The molecular formula is C21H18F3N5O3. The second-order valence-corrected chi connectivity index (χ2v) is 6.71. The number of carbonyl (C=O) groups excluding carboxylic acids is 1. The summed E-state index contributed by atoms with van der Waals surface area (Å²) in [4.78, 5) is 14.0. The van der Waals surface area contributed by atoms with E-state index in [1.807, 2.05) is 6.07 Å². The summed E-state index contributed by atoms with van der Waals surface area (Å²) in [5.74, 6) is -3.07. The highest BCUT2D eigenvalue weighted by atomic mass is 19.1. The highest BCUT2D eigenvalue weighted by molar-refractivity contribution is 5.77. The lowest BCUT2D eigenvalue weighted by molar-refractivity contribution is -0.135. The third-order valence-corrected chi connectivity index (χ3v) is 4.53. The van der Waals surface area contributed by atoms with Crippen molar-refractivity contribution in [2.45, 2.75) is 26.4 Å². The number of nitrogen functional groups attached to an aromatic ring is 1. The topological polar surface area (TPSA) is 118 Å². The highest BCUT2D eigenvalue weighted by Crippen LogP contribution is 2.24. The summed E-state index contributed by atoms with van der Waals surface area (Å²) in [7, 11) is 0. The van der Waals surface area contributed by atoms with Gasteiger partial charge in [0.15, 0.2) is 6.61 Å². The number of benzene rings is 2. The number of nitrogens with zero attached hydrogens (tertiary/aromatic N) is 4. The lowest BCUT2D eigenvalue weighted by Crippen LogP contribution is -2.34. The molecule has 0 fully saturated rings. The Morgan fingerprint density at radius 1 is 1.19 bits per heavy atom. The number of hydrogen-bond donors (Lipinski definition) is 1. The zero-order valence-electron chi connectivity index (χ0n) is 16.9. The molecule has 0 saturated carbocycles. The number of amides is 1. The molecule has 11 heteroatoms. The van der Waals surface area contributed by atoms with Crippen molar-refractivity contribution in [2.24, 2.45) is 0 Å². The molecule has 3 aromatic rings. The monoisotopic (exact) mass is 445 g/mol. The molecule has 166 valence electrons. The molecule has 1 heterocycles. The molecule has 0 bridgehead atoms. The van der Waals surface area contributed by atoms with E-state index in [2.05, 4.69) is 10.2 Å². The summed E-state index contributed by atoms with van der Waals surface area (Å²) >= 11 is 0. The van der Waals surface area contributed by atoms with Gasteiger partial charge in [0, 0.05) is 29.8 Å². The van der Waals surface area contributed by atoms with E-state index in [0.29, 0.717) is 0 Å². The number of nitriles is 1. The van der Waals surface area contributed by atoms with Gasteiger partial charge < -0.3 is 19.8 Å². The van der Waals surface area contributed by atoms with Crippen LogP contribution in [0.4, 0.5) is 19.2 Å². The molecule has 0 spiro atoms. The predicted octanol–water partition coefficient (Wildman–Crippen LogP) is 3.11. The highest BCUT2D eigenvalue weighted by Gasteiger charge is 2.21. The molecule has 3 rings (SSSR count). The third kappa shape index (κ3) is 5.34. The molecule has 0 aliphatic rings. The molecule has 0 aliphatic carbocycles. The van der Waals surface area contributed by atoms with Gasteiger partial charge in [-0.05, 0) is 18.6 Å². The van der Waals surface area contributed by atoms with Crippen LogP contribution in [0, 0.1) is 28.8 Å². The molecule has 0 aliphatic heterocycles. The quantitative estimate of drug-likeness (QED) is 0.566. The van der Waals surface area contributed by atoms with E-state index in [9.17, 15) is 18.0 Å². The van der Waals surface area contributed by atoms with Crippen molar-refractivity contribution in [2.75, 3.05) is 12.3 Å². The fraction of sp³-hybridized carbons (Fsp3) is 0.238. The van der Waals surface area contributed by atoms with E-state index in [1.165, 1.54) is 12.1 Å². The number of carbonyl (C=O) groups is 1. The Kier molecular flexibility index (Phi) is 6.94. The third-order valence-electron chi connectivity index (χ3n) is 4.53. The Hall–Kier alpha value is -4.07. The second-order valence-electron chi connectivity index (χ2n) is 6.71. The standard InChI is InChI=1S/C21H18F3N5O3/c1-2-15-17(24)6-14(22)7-18(15)31-11-20(30)29(10-19-27-28-21(26)32-19)9-13-4-3-12(8-25)5-16(13)23/h3-7H,2,9-11H2,1H3,(H2,26,28). The van der Waals surface area contributed by atoms with Crippen LogP contribution in [-0.4, -0.2) is 27.6 Å². The van der Waals surface area contributed by atoms with Crippen molar-refractivity contribution in [3.63, 3.8) is 0 Å². The van der Waals surface area contributed by atoms with Gasteiger partial charge in [0.25, 0.3) is 5.91 Å². The summed E-state index contributed by atoms with van der Waals surface area (Å²) in [5, 5.41) is 16.1. The fourth-order valence-corrected chi connectivity index (χ4v) is 2.96. The zero-order valence-corrected chi connectivity index (χ0v) is 16.9. The van der Waals surface area contributed by atoms with Crippen LogP contribution in [0.3, 0.4) is 0 Å². The van der Waals surface area contributed by atoms with Gasteiger partial charge >= 0.3 is 6.01 Å². The van der Waals surface area contributed by atoms with Gasteiger partial charge in [0.2, 0.25) is 5.89 Å². The molecule has 2 aromatic carbocycles. The lowest BCUT2D eigenvalue weighted by Gasteiger charge is -2.22. The first-order chi connectivity index (χ1) is 15.3. The van der Waals surface area contributed by atoms with Gasteiger partial charge in [-0.2, -0.15) is 5.26 Å². The van der Waals surface area contributed by atoms with Gasteiger partial charge in [-0.3, -0.25) is 4.79 Å². The normalized spacial score (nSPS) is 10.6. The van der Waals surface area contributed by atoms with E-state index < -0.39 is 30.0 Å². The fourth-order valence-electron chi connectivity index (χ4n) is 2.96. The number of halogens is 3. The van der Waals surface area contributed by atoms with E-state index in [0.717, 1.165) is 23.1 Å². The van der Waals surface area contributed by atoms with Crippen LogP contribution in [0.15, 0.2) is 34.7 Å². The summed E-state index contributed by atoms with van der Waals surface area (Å²) in [6.07, 6.45) is 0.219. The van der Waals surface area contributed by atoms with Gasteiger partial charge in [-0.25, -0.2) is 13.2 Å². The van der Waals surface area contributed by atoms with Gasteiger partial charge in [-0.1, -0.05) is 18.1 Å². The molecule has 0 unspecified atom stereocenters. The number of anilines is 1. The SMILES string of the molecule is CCc1c(F)cc(F)cc1OCC(=O)N(Cc1nnc(N)o1)Cc1ccc(C#N)cc1F. The lowest BCUT2D eigenvalue weighted by atomic mass is 10.1. The minimum atomic E-state index is -0.847. The Morgan fingerprint density at radius 3 is 2.59 bits per heavy atom. The Morgan fingerprint density at radius 2 is 1.97 bits per heavy atom. The molecule has 32 heavy (non-hydrogen) atoms. The minimum Gasteiger partial charge on any atom is -0.483 e. The largest absolute Gasteiger partial charge is 0.483 e. The van der Waals surface area contributed by atoms with E-state index in [-0.39, 0.29) is 53.9 Å². The van der Waals surface area contributed by atoms with Gasteiger partial charge in [0.1, 0.15) is 23.2 Å². The van der Waals surface area contributed by atoms with Gasteiger partial charge in [0.05, 0.1) is 18.2 Å². The van der Waals surface area contributed by atoms with Crippen molar-refractivity contribution >= 4 is 11.9 Å². The maximum atomic E-state index is 14.4. The molecule has 0 saturated heterocycles. The summed E-state index contributed by atoms with van der Waals surface area (Å²) in [6.45, 7) is 0.631. The van der Waals surface area contributed by atoms with Crippen LogP contribution in [0.25, 0.3) is 0 Å². The first-order valence-corrected chi connectivity index (χ1v) is 9.45. The molecular weight excluding hydrogens is 427 g/mol.